The summed E-state index contributed by atoms with van der Waals surface area (Å²) in [6.07, 6.45) is 1.18. The highest BCUT2D eigenvalue weighted by molar-refractivity contribution is 9.10. The third kappa shape index (κ3) is 2.30. The van der Waals surface area contributed by atoms with Gasteiger partial charge in [0.05, 0.1) is 15.2 Å². The van der Waals surface area contributed by atoms with E-state index < -0.39 is 0 Å². The molecule has 2 N–H and O–H groups in total. The molecule has 82 valence electrons. The molecule has 0 saturated carbocycles. The van der Waals surface area contributed by atoms with Crippen molar-refractivity contribution in [3.05, 3.63) is 27.7 Å². The fourth-order valence-corrected chi connectivity index (χ4v) is 2.67. The van der Waals surface area contributed by atoms with Gasteiger partial charge >= 0.3 is 0 Å². The van der Waals surface area contributed by atoms with Crippen LogP contribution in [0.1, 0.15) is 6.42 Å². The lowest BCUT2D eigenvalue weighted by Gasteiger charge is -2.20. The minimum Gasteiger partial charge on any atom is -0.370 e. The molecular formula is C11H14BrClN2. The number of halogens is 2. The Morgan fingerprint density at radius 3 is 3.00 bits per heavy atom. The highest BCUT2D eigenvalue weighted by atomic mass is 79.9. The number of nitrogens with two attached hydrogens (primary N) is 1. The lowest BCUT2D eigenvalue weighted by atomic mass is 10.1. The molecular weight excluding hydrogens is 275 g/mol. The number of rotatable bonds is 2. The summed E-state index contributed by atoms with van der Waals surface area (Å²) in [7, 11) is 0. The summed E-state index contributed by atoms with van der Waals surface area (Å²) in [6, 6.07) is 5.97. The average Bonchev–Trinajstić information content (AvgIpc) is 2.70. The van der Waals surface area contributed by atoms with Crippen LogP contribution in [0.25, 0.3) is 0 Å². The molecule has 1 atom stereocenters. The van der Waals surface area contributed by atoms with E-state index in [2.05, 4.69) is 26.9 Å². The fraction of sp³-hybridized carbons (Fsp3) is 0.455. The molecule has 4 heteroatoms. The van der Waals surface area contributed by atoms with Crippen molar-refractivity contribution in [1.29, 1.82) is 0 Å². The molecule has 0 bridgehead atoms. The lowest BCUT2D eigenvalue weighted by Crippen LogP contribution is -2.22. The van der Waals surface area contributed by atoms with Crippen LogP contribution >= 0.6 is 27.5 Å². The van der Waals surface area contributed by atoms with Gasteiger partial charge in [0.1, 0.15) is 0 Å². The molecule has 1 aromatic rings. The Hall–Kier alpha value is -0.250. The van der Waals surface area contributed by atoms with Crippen molar-refractivity contribution in [2.75, 3.05) is 24.5 Å². The summed E-state index contributed by atoms with van der Waals surface area (Å²) < 4.78 is 0.990. The number of benzene rings is 1. The highest BCUT2D eigenvalue weighted by Crippen LogP contribution is 2.35. The number of nitrogens with zero attached hydrogens (tertiary/aromatic N) is 1. The average molecular weight is 290 g/mol. The van der Waals surface area contributed by atoms with E-state index in [1.165, 1.54) is 12.1 Å². The summed E-state index contributed by atoms with van der Waals surface area (Å²) in [6.45, 7) is 2.88. The molecule has 1 fully saturated rings. The molecule has 1 aliphatic heterocycles. The first-order valence-electron chi connectivity index (χ1n) is 5.11. The largest absolute Gasteiger partial charge is 0.370 e. The van der Waals surface area contributed by atoms with Gasteiger partial charge in [-0.3, -0.25) is 0 Å². The molecule has 1 aromatic carbocycles. The molecule has 0 amide bonds. The van der Waals surface area contributed by atoms with E-state index >= 15 is 0 Å². The Morgan fingerprint density at radius 1 is 1.53 bits per heavy atom. The molecule has 15 heavy (non-hydrogen) atoms. The third-order valence-electron chi connectivity index (χ3n) is 2.89. The van der Waals surface area contributed by atoms with Crippen LogP contribution in [0.15, 0.2) is 22.7 Å². The highest BCUT2D eigenvalue weighted by Gasteiger charge is 2.23. The van der Waals surface area contributed by atoms with Crippen molar-refractivity contribution < 1.29 is 0 Å². The summed E-state index contributed by atoms with van der Waals surface area (Å²) in [5.74, 6) is 0.621. The molecule has 1 unspecified atom stereocenters. The van der Waals surface area contributed by atoms with Crippen LogP contribution in [0.4, 0.5) is 5.69 Å². The van der Waals surface area contributed by atoms with Gasteiger partial charge in [0.25, 0.3) is 0 Å². The number of hydrogen-bond donors (Lipinski definition) is 1. The second-order valence-corrected chi connectivity index (χ2v) is 5.11. The Morgan fingerprint density at radius 2 is 2.33 bits per heavy atom. The third-order valence-corrected chi connectivity index (χ3v) is 4.27. The van der Waals surface area contributed by atoms with Gasteiger partial charge in [-0.25, -0.2) is 0 Å². The van der Waals surface area contributed by atoms with Crippen LogP contribution in [0.2, 0.25) is 5.02 Å². The van der Waals surface area contributed by atoms with Crippen LogP contribution in [0.5, 0.6) is 0 Å². The number of hydrogen-bond acceptors (Lipinski definition) is 2. The van der Waals surface area contributed by atoms with Crippen LogP contribution in [0, 0.1) is 5.92 Å². The van der Waals surface area contributed by atoms with Crippen molar-refractivity contribution in [1.82, 2.24) is 0 Å². The Bertz CT molecular complexity index is 356. The lowest BCUT2D eigenvalue weighted by molar-refractivity contribution is 0.602. The predicted octanol–water partition coefficient (Wildman–Crippen LogP) is 2.89. The zero-order valence-electron chi connectivity index (χ0n) is 8.42. The standard InChI is InChI=1S/C11H14BrClN2/c12-11-9(13)2-1-3-10(11)15-5-4-8(6-14)7-15/h1-3,8H,4-7,14H2. The molecule has 0 radical (unpaired) electrons. The molecule has 2 nitrogen and oxygen atoms in total. The summed E-state index contributed by atoms with van der Waals surface area (Å²) in [4.78, 5) is 2.34. The smallest absolute Gasteiger partial charge is 0.0595 e. The first kappa shape index (κ1) is 11.2. The number of anilines is 1. The van der Waals surface area contributed by atoms with E-state index in [-0.39, 0.29) is 0 Å². The quantitative estimate of drug-likeness (QED) is 0.907. The van der Waals surface area contributed by atoms with E-state index in [1.54, 1.807) is 0 Å². The fourth-order valence-electron chi connectivity index (χ4n) is 1.98. The zero-order valence-corrected chi connectivity index (χ0v) is 10.8. The maximum atomic E-state index is 6.06. The van der Waals surface area contributed by atoms with Crippen LogP contribution in [-0.4, -0.2) is 19.6 Å². The predicted molar refractivity (Wildman–Crippen MR) is 68.5 cm³/mol. The van der Waals surface area contributed by atoms with E-state index in [9.17, 15) is 0 Å². The van der Waals surface area contributed by atoms with Gasteiger partial charge in [0, 0.05) is 13.1 Å². The normalized spacial score (nSPS) is 21.0. The SMILES string of the molecule is NCC1CCN(c2cccc(Cl)c2Br)C1. The summed E-state index contributed by atoms with van der Waals surface area (Å²) >= 11 is 9.59. The minimum absolute atomic E-state index is 0.621. The van der Waals surface area contributed by atoms with E-state index in [4.69, 9.17) is 17.3 Å². The first-order valence-corrected chi connectivity index (χ1v) is 6.28. The minimum atomic E-state index is 0.621. The summed E-state index contributed by atoms with van der Waals surface area (Å²) in [5.41, 5.74) is 6.86. The van der Waals surface area contributed by atoms with Crippen molar-refractivity contribution in [3.63, 3.8) is 0 Å². The molecule has 1 aliphatic rings. The topological polar surface area (TPSA) is 29.3 Å². The maximum absolute atomic E-state index is 6.06. The summed E-state index contributed by atoms with van der Waals surface area (Å²) in [5, 5.41) is 0.767. The van der Waals surface area contributed by atoms with Crippen molar-refractivity contribution in [3.8, 4) is 0 Å². The molecule has 0 aromatic heterocycles. The van der Waals surface area contributed by atoms with Gasteiger partial charge in [0.15, 0.2) is 0 Å². The molecule has 0 aliphatic carbocycles. The molecule has 1 saturated heterocycles. The van der Waals surface area contributed by atoms with Crippen molar-refractivity contribution in [2.45, 2.75) is 6.42 Å². The van der Waals surface area contributed by atoms with Crippen LogP contribution in [-0.2, 0) is 0 Å². The molecule has 0 spiro atoms. The maximum Gasteiger partial charge on any atom is 0.0595 e. The van der Waals surface area contributed by atoms with E-state index in [1.807, 2.05) is 12.1 Å². The van der Waals surface area contributed by atoms with Crippen LogP contribution in [0.3, 0.4) is 0 Å². The van der Waals surface area contributed by atoms with E-state index in [0.29, 0.717) is 5.92 Å². The van der Waals surface area contributed by atoms with Gasteiger partial charge in [-0.1, -0.05) is 17.7 Å². The van der Waals surface area contributed by atoms with Crippen LogP contribution < -0.4 is 10.6 Å². The molecule has 1 heterocycles. The zero-order chi connectivity index (χ0) is 10.8. The Balaban J connectivity index is 2.20. The first-order chi connectivity index (χ1) is 7.22. The van der Waals surface area contributed by atoms with Crippen molar-refractivity contribution >= 4 is 33.2 Å². The van der Waals surface area contributed by atoms with Gasteiger partial charge in [-0.05, 0) is 46.9 Å². The monoisotopic (exact) mass is 288 g/mol. The molecule has 2 rings (SSSR count). The Kier molecular flexibility index (Phi) is 3.54. The Labute approximate surface area is 104 Å². The van der Waals surface area contributed by atoms with Gasteiger partial charge in [0.2, 0.25) is 0 Å². The van der Waals surface area contributed by atoms with E-state index in [0.717, 1.165) is 29.1 Å². The van der Waals surface area contributed by atoms with Crippen molar-refractivity contribution in [2.24, 2.45) is 11.7 Å². The second kappa shape index (κ2) is 4.73. The second-order valence-electron chi connectivity index (χ2n) is 3.91. The van der Waals surface area contributed by atoms with Gasteiger partial charge < -0.3 is 10.6 Å². The van der Waals surface area contributed by atoms with Gasteiger partial charge in [-0.15, -0.1) is 0 Å². The van der Waals surface area contributed by atoms with Gasteiger partial charge in [-0.2, -0.15) is 0 Å².